The molecule has 5 nitrogen and oxygen atoms in total. The van der Waals surface area contributed by atoms with Crippen LogP contribution in [0.4, 0.5) is 22.0 Å². The van der Waals surface area contributed by atoms with E-state index in [0.29, 0.717) is 6.07 Å². The van der Waals surface area contributed by atoms with Crippen LogP contribution in [0, 0.1) is 11.6 Å². The van der Waals surface area contributed by atoms with Gasteiger partial charge in [-0.25, -0.2) is 13.8 Å². The van der Waals surface area contributed by atoms with Crippen molar-refractivity contribution in [2.75, 3.05) is 0 Å². The number of rotatable bonds is 4. The van der Waals surface area contributed by atoms with E-state index in [1.54, 1.807) is 5.32 Å². The zero-order valence-electron chi connectivity index (χ0n) is 15.5. The topological polar surface area (TPSA) is 64.0 Å². The summed E-state index contributed by atoms with van der Waals surface area (Å²) >= 11 is 11.8. The molecule has 164 valence electrons. The van der Waals surface area contributed by atoms with Gasteiger partial charge in [0.15, 0.2) is 5.82 Å². The minimum absolute atomic E-state index is 0.0976. The number of aromatic nitrogens is 2. The van der Waals surface area contributed by atoms with E-state index in [-0.39, 0.29) is 16.2 Å². The number of halogens is 7. The first-order valence-electron chi connectivity index (χ1n) is 8.68. The summed E-state index contributed by atoms with van der Waals surface area (Å²) in [5, 5.41) is 0.977. The van der Waals surface area contributed by atoms with Crippen molar-refractivity contribution in [1.29, 1.82) is 0 Å². The van der Waals surface area contributed by atoms with Crippen molar-refractivity contribution in [1.82, 2.24) is 14.9 Å². The van der Waals surface area contributed by atoms with E-state index in [2.05, 4.69) is 4.98 Å². The molecule has 3 aromatic rings. The lowest BCUT2D eigenvalue weighted by Crippen LogP contribution is -2.46. The number of pyridine rings is 2. The second-order valence-electron chi connectivity index (χ2n) is 6.44. The molecule has 12 heteroatoms. The third-order valence-electron chi connectivity index (χ3n) is 4.39. The summed E-state index contributed by atoms with van der Waals surface area (Å²) in [5.41, 5.74) is -2.38. The maximum atomic E-state index is 14.5. The summed E-state index contributed by atoms with van der Waals surface area (Å²) in [7, 11) is 0. The van der Waals surface area contributed by atoms with Crippen LogP contribution in [-0.2, 0) is 0 Å². The molecule has 0 bridgehead atoms. The van der Waals surface area contributed by atoms with Crippen LogP contribution >= 0.6 is 23.2 Å². The molecule has 0 aliphatic rings. The van der Waals surface area contributed by atoms with Crippen LogP contribution in [0.15, 0.2) is 35.3 Å². The molecule has 3 rings (SSSR count). The van der Waals surface area contributed by atoms with Gasteiger partial charge in [-0.15, -0.1) is 0 Å². The highest BCUT2D eigenvalue weighted by atomic mass is 35.5. The molecule has 1 amide bonds. The molecule has 1 N–H and O–H groups in total. The van der Waals surface area contributed by atoms with Gasteiger partial charge in [-0.1, -0.05) is 30.1 Å². The Morgan fingerprint density at radius 3 is 2.48 bits per heavy atom. The van der Waals surface area contributed by atoms with E-state index >= 15 is 0 Å². The lowest BCUT2D eigenvalue weighted by atomic mass is 10.1. The molecule has 1 aromatic carbocycles. The van der Waals surface area contributed by atoms with E-state index in [1.165, 1.54) is 19.1 Å². The predicted octanol–water partition coefficient (Wildman–Crippen LogP) is 5.04. The van der Waals surface area contributed by atoms with E-state index in [4.69, 9.17) is 23.2 Å². The number of fused-ring (bicyclic) bond motifs is 1. The Labute approximate surface area is 181 Å². The Hall–Kier alpha value is -2.72. The van der Waals surface area contributed by atoms with Gasteiger partial charge in [0.2, 0.25) is 5.43 Å². The molecule has 2 heterocycles. The van der Waals surface area contributed by atoms with Crippen molar-refractivity contribution in [2.24, 2.45) is 0 Å². The summed E-state index contributed by atoms with van der Waals surface area (Å²) in [4.78, 5) is 29.3. The standard InChI is InChI=1S/C19H12Cl2F5N3O2/c1-2-13(19(24,25)26)27-18(31)10-7-29(15-11(20)5-8(22)6-12(15)23)17-9(16(10)30)3-4-14(21)28-17/h3-7,13H,2H2,1H3,(H,27,31)/t13-/m1/s1. The molecule has 0 unspecified atom stereocenters. The summed E-state index contributed by atoms with van der Waals surface area (Å²) in [5.74, 6) is -3.49. The van der Waals surface area contributed by atoms with Gasteiger partial charge in [-0.05, 0) is 24.6 Å². The summed E-state index contributed by atoms with van der Waals surface area (Å²) < 4.78 is 68.1. The van der Waals surface area contributed by atoms with Gasteiger partial charge in [0.1, 0.15) is 33.9 Å². The van der Waals surface area contributed by atoms with Crippen LogP contribution in [0.3, 0.4) is 0 Å². The smallest absolute Gasteiger partial charge is 0.340 e. The highest BCUT2D eigenvalue weighted by Gasteiger charge is 2.39. The normalized spacial score (nSPS) is 12.8. The molecule has 0 aliphatic carbocycles. The lowest BCUT2D eigenvalue weighted by molar-refractivity contribution is -0.153. The Kier molecular flexibility index (Phi) is 6.24. The minimum Gasteiger partial charge on any atom is -0.340 e. The van der Waals surface area contributed by atoms with E-state index < -0.39 is 57.9 Å². The third-order valence-corrected chi connectivity index (χ3v) is 4.89. The molecule has 31 heavy (non-hydrogen) atoms. The fraction of sp³-hybridized carbons (Fsp3) is 0.211. The number of alkyl halides is 3. The van der Waals surface area contributed by atoms with Crippen molar-refractivity contribution in [3.63, 3.8) is 0 Å². The van der Waals surface area contributed by atoms with Crippen molar-refractivity contribution < 1.29 is 26.7 Å². The number of benzene rings is 1. The summed E-state index contributed by atoms with van der Waals surface area (Å²) in [6, 6.07) is 1.47. The van der Waals surface area contributed by atoms with E-state index in [0.717, 1.165) is 16.8 Å². The fourth-order valence-electron chi connectivity index (χ4n) is 2.93. The first kappa shape index (κ1) is 23.0. The monoisotopic (exact) mass is 479 g/mol. The summed E-state index contributed by atoms with van der Waals surface area (Å²) in [6.07, 6.45) is -4.44. The quantitative estimate of drug-likeness (QED) is 0.421. The maximum absolute atomic E-state index is 14.5. The zero-order chi connectivity index (χ0) is 23.1. The molecule has 0 spiro atoms. The van der Waals surface area contributed by atoms with Gasteiger partial charge in [0.25, 0.3) is 5.91 Å². The van der Waals surface area contributed by atoms with Crippen LogP contribution in [0.5, 0.6) is 0 Å². The molecule has 0 fully saturated rings. The van der Waals surface area contributed by atoms with Crippen molar-refractivity contribution >= 4 is 40.1 Å². The number of nitrogens with one attached hydrogen (secondary N) is 1. The Morgan fingerprint density at radius 2 is 1.90 bits per heavy atom. The molecular weight excluding hydrogens is 468 g/mol. The SMILES string of the molecule is CC[C@@H](NC(=O)c1cn(-c2c(F)cc(F)cc2Cl)c2nc(Cl)ccc2c1=O)C(F)(F)F. The highest BCUT2D eigenvalue weighted by Crippen LogP contribution is 2.28. The van der Waals surface area contributed by atoms with Crippen molar-refractivity contribution in [2.45, 2.75) is 25.6 Å². The van der Waals surface area contributed by atoms with E-state index in [1.807, 2.05) is 0 Å². The average molecular weight is 480 g/mol. The van der Waals surface area contributed by atoms with Gasteiger partial charge >= 0.3 is 6.18 Å². The predicted molar refractivity (Wildman–Crippen MR) is 105 cm³/mol. The van der Waals surface area contributed by atoms with E-state index in [9.17, 15) is 31.5 Å². The fourth-order valence-corrected chi connectivity index (χ4v) is 3.36. The number of amides is 1. The number of carbonyl (C=O) groups excluding carboxylic acids is 1. The second-order valence-corrected chi connectivity index (χ2v) is 7.24. The second kappa shape index (κ2) is 8.43. The minimum atomic E-state index is -4.75. The van der Waals surface area contributed by atoms with Gasteiger partial charge in [-0.3, -0.25) is 14.2 Å². The Balaban J connectivity index is 2.29. The highest BCUT2D eigenvalue weighted by molar-refractivity contribution is 6.32. The molecule has 0 saturated heterocycles. The first-order valence-corrected chi connectivity index (χ1v) is 9.44. The molecule has 2 aromatic heterocycles. The third kappa shape index (κ3) is 4.49. The van der Waals surface area contributed by atoms with Gasteiger partial charge < -0.3 is 5.32 Å². The van der Waals surface area contributed by atoms with Gasteiger partial charge in [0.05, 0.1) is 10.4 Å². The molecule has 0 radical (unpaired) electrons. The Bertz CT molecular complexity index is 1220. The summed E-state index contributed by atoms with van der Waals surface area (Å²) in [6.45, 7) is 1.21. The largest absolute Gasteiger partial charge is 0.408 e. The first-order chi connectivity index (χ1) is 14.4. The van der Waals surface area contributed by atoms with Gasteiger partial charge in [-0.2, -0.15) is 13.2 Å². The molecule has 0 aliphatic heterocycles. The van der Waals surface area contributed by atoms with Crippen molar-refractivity contribution in [3.05, 3.63) is 68.1 Å². The van der Waals surface area contributed by atoms with Crippen LogP contribution in [-0.4, -0.2) is 27.7 Å². The number of hydrogen-bond donors (Lipinski definition) is 1. The van der Waals surface area contributed by atoms with Crippen molar-refractivity contribution in [3.8, 4) is 5.69 Å². The Morgan fingerprint density at radius 1 is 1.23 bits per heavy atom. The maximum Gasteiger partial charge on any atom is 0.408 e. The molecular formula is C19H12Cl2F5N3O2. The lowest BCUT2D eigenvalue weighted by Gasteiger charge is -2.20. The number of hydrogen-bond acceptors (Lipinski definition) is 3. The van der Waals surface area contributed by atoms with Crippen LogP contribution in [0.1, 0.15) is 23.7 Å². The van der Waals surface area contributed by atoms with Gasteiger partial charge in [0, 0.05) is 12.3 Å². The number of nitrogens with zero attached hydrogens (tertiary/aromatic N) is 2. The zero-order valence-corrected chi connectivity index (χ0v) is 17.0. The van der Waals surface area contributed by atoms with Crippen LogP contribution < -0.4 is 10.7 Å². The molecule has 0 saturated carbocycles. The van der Waals surface area contributed by atoms with Crippen LogP contribution in [0.2, 0.25) is 10.2 Å². The molecule has 1 atom stereocenters. The average Bonchev–Trinajstić information content (AvgIpc) is 2.65. The number of carbonyl (C=O) groups is 1. The van der Waals surface area contributed by atoms with Crippen LogP contribution in [0.25, 0.3) is 16.7 Å².